The van der Waals surface area contributed by atoms with Gasteiger partial charge in [-0.1, -0.05) is 0 Å². The highest BCUT2D eigenvalue weighted by Gasteiger charge is 2.58. The average Bonchev–Trinajstić information content (AvgIpc) is 2.85. The van der Waals surface area contributed by atoms with Crippen molar-refractivity contribution in [3.8, 4) is 17.2 Å². The van der Waals surface area contributed by atoms with Crippen LogP contribution in [0.2, 0.25) is 0 Å². The minimum atomic E-state index is -1.50. The van der Waals surface area contributed by atoms with Gasteiger partial charge in [-0.25, -0.2) is 0 Å². The van der Waals surface area contributed by atoms with Crippen LogP contribution in [0.3, 0.4) is 0 Å². The first kappa shape index (κ1) is 25.2. The number of rotatable bonds is 2. The number of ether oxygens (including phenoxy) is 3. The topological polar surface area (TPSA) is 175 Å². The van der Waals surface area contributed by atoms with Crippen molar-refractivity contribution in [1.29, 1.82) is 0 Å². The van der Waals surface area contributed by atoms with Crippen molar-refractivity contribution in [1.82, 2.24) is 5.32 Å². The predicted molar refractivity (Wildman–Crippen MR) is 129 cm³/mol. The normalized spacial score (nSPS) is 35.1. The van der Waals surface area contributed by atoms with Crippen molar-refractivity contribution in [2.24, 2.45) is 0 Å². The van der Waals surface area contributed by atoms with Gasteiger partial charge in [-0.05, 0) is 38.6 Å². The van der Waals surface area contributed by atoms with Crippen LogP contribution in [-0.4, -0.2) is 81.4 Å². The molecule has 2 aliphatic carbocycles. The average molecular weight is 528 g/mol. The van der Waals surface area contributed by atoms with Crippen LogP contribution in [0.25, 0.3) is 0 Å². The molecule has 2 aliphatic heterocycles. The molecule has 11 nitrogen and oxygen atoms in total. The second-order valence-electron chi connectivity index (χ2n) is 11.0. The molecular weight excluding hydrogens is 498 g/mol. The fourth-order valence-electron chi connectivity index (χ4n) is 6.53. The first-order chi connectivity index (χ1) is 17.8. The van der Waals surface area contributed by atoms with E-state index >= 15 is 0 Å². The minimum absolute atomic E-state index is 0.0906. The first-order valence-electron chi connectivity index (χ1n) is 12.4. The minimum Gasteiger partial charge on any atom is -0.507 e. The molecule has 0 saturated carbocycles. The van der Waals surface area contributed by atoms with E-state index in [1.54, 1.807) is 20.9 Å². The third kappa shape index (κ3) is 3.11. The van der Waals surface area contributed by atoms with Gasteiger partial charge in [-0.2, -0.15) is 0 Å². The van der Waals surface area contributed by atoms with Crippen molar-refractivity contribution in [3.63, 3.8) is 0 Å². The Kier molecular flexibility index (Phi) is 5.30. The summed E-state index contributed by atoms with van der Waals surface area (Å²) < 4.78 is 17.3. The summed E-state index contributed by atoms with van der Waals surface area (Å²) in [6, 6.07) is 1.83. The number of ketones is 2. The third-order valence-corrected chi connectivity index (χ3v) is 8.43. The molecule has 1 saturated heterocycles. The molecule has 2 bridgehead atoms. The summed E-state index contributed by atoms with van der Waals surface area (Å²) in [6.45, 7) is 3.17. The molecule has 0 amide bonds. The predicted octanol–water partition coefficient (Wildman–Crippen LogP) is 0.532. The molecule has 0 unspecified atom stereocenters. The van der Waals surface area contributed by atoms with Crippen LogP contribution in [0, 0.1) is 0 Å². The largest absolute Gasteiger partial charge is 0.507 e. The number of fused-ring (bicyclic) bond motifs is 8. The van der Waals surface area contributed by atoms with Gasteiger partial charge in [0.05, 0.1) is 34.4 Å². The highest BCUT2D eigenvalue weighted by molar-refractivity contribution is 6.31. The number of carbonyl (C=O) groups is 2. The van der Waals surface area contributed by atoms with E-state index in [0.29, 0.717) is 11.1 Å². The van der Waals surface area contributed by atoms with E-state index < -0.39 is 64.9 Å². The van der Waals surface area contributed by atoms with Gasteiger partial charge >= 0.3 is 0 Å². The molecule has 2 aromatic rings. The zero-order valence-corrected chi connectivity index (χ0v) is 21.2. The van der Waals surface area contributed by atoms with Gasteiger partial charge < -0.3 is 45.1 Å². The number of aliphatic hydroxyl groups is 3. The van der Waals surface area contributed by atoms with Crippen LogP contribution in [-0.2, 0) is 21.5 Å². The molecule has 4 aliphatic rings. The van der Waals surface area contributed by atoms with Crippen LogP contribution in [0.1, 0.15) is 74.9 Å². The lowest BCUT2D eigenvalue weighted by Crippen LogP contribution is -2.68. The zero-order chi connectivity index (χ0) is 27.5. The molecule has 7 atom stereocenters. The number of hydrogen-bond acceptors (Lipinski definition) is 11. The Morgan fingerprint density at radius 1 is 1.08 bits per heavy atom. The summed E-state index contributed by atoms with van der Waals surface area (Å²) in [5, 5.41) is 57.7. The SMILES string of the molecule is CN[C@H]1[C@H](O)[C@H]2Oc3c(cc(O)c4c3C(=O)c3cc5c(c(O)c3C4=O)[C@H](OC)C[C@](C)(O)C5)[C@@](C)(O2)[C@@H]1O. The summed E-state index contributed by atoms with van der Waals surface area (Å²) >= 11 is 0. The highest BCUT2D eigenvalue weighted by atomic mass is 16.7. The number of likely N-dealkylation sites (N-methyl/N-ethyl adjacent to an activating group) is 1. The number of carbonyl (C=O) groups excluding carboxylic acids is 2. The maximum absolute atomic E-state index is 14.0. The molecule has 6 N–H and O–H groups in total. The van der Waals surface area contributed by atoms with Crippen molar-refractivity contribution in [3.05, 3.63) is 51.1 Å². The summed E-state index contributed by atoms with van der Waals surface area (Å²) in [5.41, 5.74) is -2.74. The van der Waals surface area contributed by atoms with Gasteiger partial charge in [0.2, 0.25) is 12.1 Å². The third-order valence-electron chi connectivity index (χ3n) is 8.43. The fraction of sp³-hybridized carbons (Fsp3) is 0.481. The summed E-state index contributed by atoms with van der Waals surface area (Å²) in [6.07, 6.45) is -4.32. The van der Waals surface area contributed by atoms with Crippen LogP contribution in [0.5, 0.6) is 17.2 Å². The van der Waals surface area contributed by atoms with E-state index in [0.717, 1.165) is 0 Å². The van der Waals surface area contributed by atoms with Crippen LogP contribution in [0.15, 0.2) is 12.1 Å². The maximum Gasteiger partial charge on any atom is 0.228 e. The summed E-state index contributed by atoms with van der Waals surface area (Å²) in [4.78, 5) is 27.8. The van der Waals surface area contributed by atoms with E-state index in [9.17, 15) is 35.1 Å². The molecule has 1 fully saturated rings. The van der Waals surface area contributed by atoms with Gasteiger partial charge in [0, 0.05) is 36.6 Å². The Morgan fingerprint density at radius 2 is 1.79 bits per heavy atom. The lowest BCUT2D eigenvalue weighted by molar-refractivity contribution is -0.302. The summed E-state index contributed by atoms with van der Waals surface area (Å²) in [5.74, 6) is -2.56. The number of hydrogen-bond donors (Lipinski definition) is 6. The lowest BCUT2D eigenvalue weighted by Gasteiger charge is -2.52. The smallest absolute Gasteiger partial charge is 0.228 e. The number of nitrogens with one attached hydrogen (secondary N) is 1. The van der Waals surface area contributed by atoms with E-state index in [1.165, 1.54) is 19.2 Å². The van der Waals surface area contributed by atoms with Gasteiger partial charge in [-0.15, -0.1) is 0 Å². The van der Waals surface area contributed by atoms with Gasteiger partial charge in [0.15, 0.2) is 5.78 Å². The highest BCUT2D eigenvalue weighted by Crippen LogP contribution is 2.54. The zero-order valence-electron chi connectivity index (χ0n) is 21.2. The number of aromatic hydroxyl groups is 2. The van der Waals surface area contributed by atoms with Gasteiger partial charge in [-0.3, -0.25) is 9.59 Å². The second-order valence-corrected chi connectivity index (χ2v) is 11.0. The Balaban J connectivity index is 1.59. The Labute approximate surface area is 217 Å². The van der Waals surface area contributed by atoms with Crippen LogP contribution < -0.4 is 10.1 Å². The van der Waals surface area contributed by atoms with Crippen LogP contribution >= 0.6 is 0 Å². The lowest BCUT2D eigenvalue weighted by atomic mass is 9.72. The molecule has 11 heteroatoms. The van der Waals surface area contributed by atoms with Crippen molar-refractivity contribution >= 4 is 11.6 Å². The Bertz CT molecular complexity index is 1420. The second kappa shape index (κ2) is 7.98. The number of phenols is 2. The molecule has 0 spiro atoms. The van der Waals surface area contributed by atoms with Crippen molar-refractivity contribution in [2.45, 2.75) is 68.5 Å². The molecule has 38 heavy (non-hydrogen) atoms. The molecule has 2 heterocycles. The molecule has 0 aromatic heterocycles. The monoisotopic (exact) mass is 527 g/mol. The molecule has 2 aromatic carbocycles. The number of benzene rings is 2. The summed E-state index contributed by atoms with van der Waals surface area (Å²) in [7, 11) is 2.98. The van der Waals surface area contributed by atoms with E-state index in [2.05, 4.69) is 5.32 Å². The standard InChI is InChI=1S/C27H29NO10/c1-26(35)7-9-5-10-15(20(31)14(9)13(8-26)36-4)21(32)16-12(29)6-11-23(17(16)19(10)30)37-25-22(33)18(28-3)24(34)27(11,2)38-25/h5-6,13,18,22,24-25,28-29,31,33-35H,7-8H2,1-4H3/t13-,18+,22+,24-,25+,26-,27-/m1/s1. The number of phenolic OH excluding ortho intramolecular Hbond substituents is 2. The molecule has 202 valence electrons. The van der Waals surface area contributed by atoms with Crippen molar-refractivity contribution in [2.75, 3.05) is 14.2 Å². The number of methoxy groups -OCH3 is 1. The van der Waals surface area contributed by atoms with Crippen molar-refractivity contribution < 1.29 is 49.3 Å². The van der Waals surface area contributed by atoms with E-state index in [4.69, 9.17) is 14.2 Å². The molecule has 6 rings (SSSR count). The molecular formula is C27H29NO10. The Hall–Kier alpha value is -3.06. The fourth-order valence-corrected chi connectivity index (χ4v) is 6.53. The van der Waals surface area contributed by atoms with Crippen LogP contribution in [0.4, 0.5) is 0 Å². The van der Waals surface area contributed by atoms with Gasteiger partial charge in [0.1, 0.15) is 35.1 Å². The van der Waals surface area contributed by atoms with E-state index in [-0.39, 0.29) is 46.4 Å². The van der Waals surface area contributed by atoms with E-state index in [1.807, 2.05) is 0 Å². The first-order valence-corrected chi connectivity index (χ1v) is 12.4. The van der Waals surface area contributed by atoms with Gasteiger partial charge in [0.25, 0.3) is 0 Å². The Morgan fingerprint density at radius 3 is 2.45 bits per heavy atom. The molecule has 0 radical (unpaired) electrons. The maximum atomic E-state index is 14.0. The quantitative estimate of drug-likeness (QED) is 0.274. The number of aliphatic hydroxyl groups excluding tert-OH is 2.